The Hall–Kier alpha value is -3.20. The second-order valence-corrected chi connectivity index (χ2v) is 8.68. The van der Waals surface area contributed by atoms with Crippen LogP contribution in [0, 0.1) is 5.92 Å². The SMILES string of the molecule is O=C1C=CC2=N[C@]34CCCCC3C(c3ccccc3)C=C(c3ccccc3)N4C2=C1. The van der Waals surface area contributed by atoms with Gasteiger partial charge < -0.3 is 4.90 Å². The first-order chi connectivity index (χ1) is 14.8. The van der Waals surface area contributed by atoms with Gasteiger partial charge in [0.25, 0.3) is 0 Å². The maximum absolute atomic E-state index is 12.3. The Morgan fingerprint density at radius 3 is 2.47 bits per heavy atom. The van der Waals surface area contributed by atoms with Crippen molar-refractivity contribution in [3.8, 4) is 0 Å². The zero-order valence-electron chi connectivity index (χ0n) is 16.9. The fourth-order valence-electron chi connectivity index (χ4n) is 5.83. The highest BCUT2D eigenvalue weighted by Gasteiger charge is 2.56. The fraction of sp³-hybridized carbons (Fsp3) is 0.259. The van der Waals surface area contributed by atoms with E-state index in [1.165, 1.54) is 23.2 Å². The normalized spacial score (nSPS) is 29.4. The molecular formula is C27H24N2O. The van der Waals surface area contributed by atoms with Gasteiger partial charge in [-0.05, 0) is 42.5 Å². The van der Waals surface area contributed by atoms with E-state index in [1.807, 2.05) is 6.08 Å². The molecule has 3 nitrogen and oxygen atoms in total. The third-order valence-corrected chi connectivity index (χ3v) is 7.06. The van der Waals surface area contributed by atoms with Gasteiger partial charge in [0.05, 0.1) is 11.4 Å². The number of benzene rings is 2. The van der Waals surface area contributed by atoms with Crippen LogP contribution in [0.4, 0.5) is 0 Å². The minimum Gasteiger partial charge on any atom is -0.313 e. The minimum atomic E-state index is -0.311. The Bertz CT molecular complexity index is 1130. The Balaban J connectivity index is 1.61. The zero-order chi connectivity index (χ0) is 20.1. The van der Waals surface area contributed by atoms with Gasteiger partial charge in [-0.25, -0.2) is 0 Å². The van der Waals surface area contributed by atoms with Crippen LogP contribution in [0.2, 0.25) is 0 Å². The van der Waals surface area contributed by atoms with Gasteiger partial charge in [0.2, 0.25) is 0 Å². The van der Waals surface area contributed by atoms with Gasteiger partial charge in [-0.15, -0.1) is 0 Å². The average molecular weight is 393 g/mol. The minimum absolute atomic E-state index is 0.0472. The number of fused-ring (bicyclic) bond motifs is 2. The Morgan fingerprint density at radius 2 is 1.67 bits per heavy atom. The number of aliphatic imine (C=N–C) groups is 1. The number of carbonyl (C=O) groups is 1. The zero-order valence-corrected chi connectivity index (χ0v) is 16.9. The summed E-state index contributed by atoms with van der Waals surface area (Å²) in [6, 6.07) is 21.4. The van der Waals surface area contributed by atoms with Crippen molar-refractivity contribution < 1.29 is 4.79 Å². The molecule has 148 valence electrons. The molecule has 2 aromatic rings. The van der Waals surface area contributed by atoms with Crippen LogP contribution in [0.25, 0.3) is 5.70 Å². The van der Waals surface area contributed by atoms with Crippen LogP contribution in [-0.4, -0.2) is 22.1 Å². The average Bonchev–Trinajstić information content (AvgIpc) is 3.12. The molecule has 0 N–H and O–H groups in total. The molecule has 0 aromatic heterocycles. The second kappa shape index (κ2) is 6.66. The molecule has 2 heterocycles. The van der Waals surface area contributed by atoms with Crippen molar-refractivity contribution in [2.75, 3.05) is 0 Å². The third-order valence-electron chi connectivity index (χ3n) is 7.06. The summed E-state index contributed by atoms with van der Waals surface area (Å²) in [6.07, 6.45) is 12.3. The molecule has 0 saturated heterocycles. The maximum atomic E-state index is 12.3. The quantitative estimate of drug-likeness (QED) is 0.633. The number of nitrogens with zero attached hydrogens (tertiary/aromatic N) is 2. The highest BCUT2D eigenvalue weighted by molar-refractivity contribution is 6.21. The van der Waals surface area contributed by atoms with E-state index in [0.717, 1.165) is 30.7 Å². The van der Waals surface area contributed by atoms with Crippen LogP contribution in [-0.2, 0) is 4.79 Å². The van der Waals surface area contributed by atoms with Crippen molar-refractivity contribution in [3.05, 3.63) is 102 Å². The van der Waals surface area contributed by atoms with Gasteiger partial charge in [-0.2, -0.15) is 0 Å². The number of carbonyl (C=O) groups excluding carboxylic acids is 1. The van der Waals surface area contributed by atoms with Crippen LogP contribution in [0.1, 0.15) is 42.7 Å². The molecule has 4 aliphatic rings. The van der Waals surface area contributed by atoms with Gasteiger partial charge in [-0.1, -0.05) is 73.2 Å². The summed E-state index contributed by atoms with van der Waals surface area (Å²) in [7, 11) is 0. The lowest BCUT2D eigenvalue weighted by molar-refractivity contribution is -0.110. The molecule has 2 aromatic carbocycles. The first-order valence-corrected chi connectivity index (χ1v) is 10.9. The summed E-state index contributed by atoms with van der Waals surface area (Å²) in [5.41, 5.74) is 5.33. The van der Waals surface area contributed by atoms with Gasteiger partial charge in [0.15, 0.2) is 5.78 Å². The molecule has 2 unspecified atom stereocenters. The standard InChI is InChI=1S/C27H24N2O/c30-21-14-15-24-26(17-21)29-25(20-11-5-2-6-12-20)18-22(19-9-3-1-4-10-19)23-13-7-8-16-27(23,29)28-24/h1-6,9-12,14-15,17-18,22-23H,7-8,13,16H2/t22?,23?,27-/m0/s1. The van der Waals surface area contributed by atoms with Crippen molar-refractivity contribution >= 4 is 17.2 Å². The molecule has 1 fully saturated rings. The molecule has 1 spiro atoms. The number of allylic oxidation sites excluding steroid dienone is 4. The van der Waals surface area contributed by atoms with Crippen molar-refractivity contribution in [1.29, 1.82) is 0 Å². The van der Waals surface area contributed by atoms with Crippen LogP contribution in [0.3, 0.4) is 0 Å². The highest BCUT2D eigenvalue weighted by Crippen LogP contribution is 2.57. The molecule has 6 rings (SSSR count). The topological polar surface area (TPSA) is 32.7 Å². The molecule has 1 saturated carbocycles. The lowest BCUT2D eigenvalue weighted by atomic mass is 9.66. The molecule has 3 atom stereocenters. The van der Waals surface area contributed by atoms with Gasteiger partial charge in [-0.3, -0.25) is 9.79 Å². The molecular weight excluding hydrogens is 368 g/mol. The molecule has 0 amide bonds. The predicted molar refractivity (Wildman–Crippen MR) is 120 cm³/mol. The van der Waals surface area contributed by atoms with Crippen molar-refractivity contribution in [2.45, 2.75) is 37.3 Å². The van der Waals surface area contributed by atoms with Crippen LogP contribution in [0.5, 0.6) is 0 Å². The Morgan fingerprint density at radius 1 is 0.900 bits per heavy atom. The molecule has 0 bridgehead atoms. The van der Waals surface area contributed by atoms with E-state index in [2.05, 4.69) is 71.6 Å². The Kier molecular flexibility index (Phi) is 3.92. The van der Waals surface area contributed by atoms with Gasteiger partial charge >= 0.3 is 0 Å². The van der Waals surface area contributed by atoms with E-state index in [0.29, 0.717) is 11.8 Å². The van der Waals surface area contributed by atoms with E-state index >= 15 is 0 Å². The van der Waals surface area contributed by atoms with E-state index in [9.17, 15) is 4.79 Å². The van der Waals surface area contributed by atoms with Crippen LogP contribution in [0.15, 0.2) is 95.7 Å². The van der Waals surface area contributed by atoms with Crippen molar-refractivity contribution in [3.63, 3.8) is 0 Å². The summed E-state index contributed by atoms with van der Waals surface area (Å²) in [6.45, 7) is 0. The summed E-state index contributed by atoms with van der Waals surface area (Å²) < 4.78 is 0. The second-order valence-electron chi connectivity index (χ2n) is 8.68. The van der Waals surface area contributed by atoms with Crippen LogP contribution < -0.4 is 0 Å². The fourth-order valence-corrected chi connectivity index (χ4v) is 5.83. The Labute approximate surface area is 177 Å². The summed E-state index contributed by atoms with van der Waals surface area (Å²) in [4.78, 5) is 20.1. The number of hydrogen-bond acceptors (Lipinski definition) is 3. The van der Waals surface area contributed by atoms with E-state index < -0.39 is 0 Å². The van der Waals surface area contributed by atoms with E-state index in [-0.39, 0.29) is 11.4 Å². The predicted octanol–water partition coefficient (Wildman–Crippen LogP) is 5.49. The first-order valence-electron chi connectivity index (χ1n) is 10.9. The van der Waals surface area contributed by atoms with Crippen molar-refractivity contribution in [2.24, 2.45) is 10.9 Å². The largest absolute Gasteiger partial charge is 0.313 e. The highest BCUT2D eigenvalue weighted by atomic mass is 16.1. The molecule has 0 radical (unpaired) electrons. The lowest BCUT2D eigenvalue weighted by Gasteiger charge is -2.53. The molecule has 2 aliphatic carbocycles. The number of ketones is 1. The summed E-state index contributed by atoms with van der Waals surface area (Å²) in [5, 5.41) is 0. The smallest absolute Gasteiger partial charge is 0.180 e. The molecule has 2 aliphatic heterocycles. The lowest BCUT2D eigenvalue weighted by Crippen LogP contribution is -2.54. The monoisotopic (exact) mass is 392 g/mol. The summed E-state index contributed by atoms with van der Waals surface area (Å²) >= 11 is 0. The third kappa shape index (κ3) is 2.51. The maximum Gasteiger partial charge on any atom is 0.180 e. The van der Waals surface area contributed by atoms with Crippen LogP contribution >= 0.6 is 0 Å². The summed E-state index contributed by atoms with van der Waals surface area (Å²) in [5.74, 6) is 0.748. The van der Waals surface area contributed by atoms with Crippen molar-refractivity contribution in [1.82, 2.24) is 4.90 Å². The van der Waals surface area contributed by atoms with Gasteiger partial charge in [0.1, 0.15) is 5.66 Å². The van der Waals surface area contributed by atoms with Gasteiger partial charge in [0, 0.05) is 23.6 Å². The number of rotatable bonds is 2. The van der Waals surface area contributed by atoms with E-state index in [1.54, 1.807) is 12.2 Å². The molecule has 30 heavy (non-hydrogen) atoms. The molecule has 3 heteroatoms. The first kappa shape index (κ1) is 17.6. The van der Waals surface area contributed by atoms with E-state index in [4.69, 9.17) is 4.99 Å². The number of hydrogen-bond donors (Lipinski definition) is 0.